The molecule has 2 aromatic rings. The molecule has 5 rings (SSSR count). The van der Waals surface area contributed by atoms with Gasteiger partial charge in [0.2, 0.25) is 5.82 Å². The minimum atomic E-state index is -0.0524. The Balaban J connectivity index is 1.25. The summed E-state index contributed by atoms with van der Waals surface area (Å²) in [4.78, 5) is 19.1. The van der Waals surface area contributed by atoms with E-state index in [1.54, 1.807) is 0 Å². The second-order valence-corrected chi connectivity index (χ2v) is 8.41. The largest absolute Gasteiger partial charge is 0.347 e. The number of likely N-dealkylation sites (tertiary alicyclic amines) is 1. The molecule has 3 aliphatic rings. The average Bonchev–Trinajstić information content (AvgIpc) is 3.41. The fourth-order valence-electron chi connectivity index (χ4n) is 4.46. The lowest BCUT2D eigenvalue weighted by Crippen LogP contribution is -2.44. The summed E-state index contributed by atoms with van der Waals surface area (Å²) < 4.78 is 2.10. The van der Waals surface area contributed by atoms with Gasteiger partial charge in [0, 0.05) is 37.9 Å². The van der Waals surface area contributed by atoms with Crippen LogP contribution in [0.5, 0.6) is 0 Å². The molecule has 4 heterocycles. The second kappa shape index (κ2) is 6.71. The average molecular weight is 366 g/mol. The Morgan fingerprint density at radius 2 is 1.93 bits per heavy atom. The molecule has 142 valence electrons. The van der Waals surface area contributed by atoms with Crippen molar-refractivity contribution in [2.75, 3.05) is 13.1 Å². The molecular weight excluding hydrogens is 340 g/mol. The molecule has 1 amide bonds. The number of aromatic nitrogens is 4. The second-order valence-electron chi connectivity index (χ2n) is 8.41. The van der Waals surface area contributed by atoms with Crippen molar-refractivity contribution in [3.05, 3.63) is 41.7 Å². The van der Waals surface area contributed by atoms with Crippen LogP contribution in [0, 0.1) is 5.41 Å². The first-order chi connectivity index (χ1) is 13.2. The van der Waals surface area contributed by atoms with Gasteiger partial charge in [-0.1, -0.05) is 0 Å². The summed E-state index contributed by atoms with van der Waals surface area (Å²) >= 11 is 0. The molecule has 0 aromatic carbocycles. The summed E-state index contributed by atoms with van der Waals surface area (Å²) in [6.07, 6.45) is 10.3. The summed E-state index contributed by atoms with van der Waals surface area (Å²) in [6, 6.07) is 4.54. The quantitative estimate of drug-likeness (QED) is 0.893. The van der Waals surface area contributed by atoms with Gasteiger partial charge in [0.1, 0.15) is 5.82 Å². The van der Waals surface area contributed by atoms with Gasteiger partial charge in [0.05, 0.1) is 0 Å². The van der Waals surface area contributed by atoms with Gasteiger partial charge in [0.15, 0.2) is 0 Å². The van der Waals surface area contributed by atoms with Crippen molar-refractivity contribution in [1.29, 1.82) is 0 Å². The van der Waals surface area contributed by atoms with E-state index >= 15 is 0 Å². The number of carbonyl (C=O) groups excluding carboxylic acids is 1. The van der Waals surface area contributed by atoms with Crippen LogP contribution in [-0.2, 0) is 19.5 Å². The van der Waals surface area contributed by atoms with Crippen LogP contribution in [0.3, 0.4) is 0 Å². The van der Waals surface area contributed by atoms with Gasteiger partial charge in [-0.15, -0.1) is 10.2 Å². The molecule has 2 fully saturated rings. The number of hydrogen-bond donors (Lipinski definition) is 1. The van der Waals surface area contributed by atoms with Crippen molar-refractivity contribution in [2.24, 2.45) is 5.41 Å². The predicted molar refractivity (Wildman–Crippen MR) is 100 cm³/mol. The lowest BCUT2D eigenvalue weighted by molar-refractivity contribution is 0.0618. The molecule has 1 aliphatic carbocycles. The van der Waals surface area contributed by atoms with Crippen LogP contribution in [-0.4, -0.2) is 49.7 Å². The molecule has 27 heavy (non-hydrogen) atoms. The Labute approximate surface area is 159 Å². The highest BCUT2D eigenvalue weighted by molar-refractivity contribution is 5.91. The van der Waals surface area contributed by atoms with E-state index in [0.717, 1.165) is 57.7 Å². The van der Waals surface area contributed by atoms with Crippen molar-refractivity contribution in [3.63, 3.8) is 0 Å². The molecule has 1 spiro atoms. The SMILES string of the molecule is O=C(NC1CC1)c1nnc2n1CC1(CC2)CCN(Cc2ccncc2)CC1. The normalized spacial score (nSPS) is 21.8. The highest BCUT2D eigenvalue weighted by Gasteiger charge is 2.40. The van der Waals surface area contributed by atoms with E-state index in [4.69, 9.17) is 0 Å². The van der Waals surface area contributed by atoms with E-state index in [-0.39, 0.29) is 11.3 Å². The Kier molecular flexibility index (Phi) is 4.19. The molecular formula is C20H26N6O. The van der Waals surface area contributed by atoms with Crippen molar-refractivity contribution < 1.29 is 4.79 Å². The lowest BCUT2D eigenvalue weighted by atomic mass is 9.73. The first-order valence-corrected chi connectivity index (χ1v) is 10.1. The van der Waals surface area contributed by atoms with E-state index in [0.29, 0.717) is 11.9 Å². The number of piperidine rings is 1. The third-order valence-corrected chi connectivity index (χ3v) is 6.39. The maximum atomic E-state index is 12.5. The van der Waals surface area contributed by atoms with Crippen LogP contribution >= 0.6 is 0 Å². The zero-order valence-corrected chi connectivity index (χ0v) is 15.6. The Hall–Kier alpha value is -2.28. The molecule has 2 aliphatic heterocycles. The Morgan fingerprint density at radius 1 is 1.15 bits per heavy atom. The molecule has 1 N–H and O–H groups in total. The van der Waals surface area contributed by atoms with E-state index < -0.39 is 0 Å². The van der Waals surface area contributed by atoms with Crippen molar-refractivity contribution in [1.82, 2.24) is 30.0 Å². The highest BCUT2D eigenvalue weighted by Crippen LogP contribution is 2.41. The third kappa shape index (κ3) is 3.48. The summed E-state index contributed by atoms with van der Waals surface area (Å²) in [7, 11) is 0. The fraction of sp³-hybridized carbons (Fsp3) is 0.600. The minimum Gasteiger partial charge on any atom is -0.347 e. The van der Waals surface area contributed by atoms with E-state index in [1.807, 2.05) is 12.4 Å². The van der Waals surface area contributed by atoms with Gasteiger partial charge in [0.25, 0.3) is 5.91 Å². The van der Waals surface area contributed by atoms with Crippen LogP contribution in [0.4, 0.5) is 0 Å². The van der Waals surface area contributed by atoms with Gasteiger partial charge in [-0.2, -0.15) is 0 Å². The molecule has 7 nitrogen and oxygen atoms in total. The van der Waals surface area contributed by atoms with Crippen molar-refractivity contribution in [3.8, 4) is 0 Å². The topological polar surface area (TPSA) is 75.9 Å². The van der Waals surface area contributed by atoms with Gasteiger partial charge in [-0.3, -0.25) is 14.7 Å². The van der Waals surface area contributed by atoms with E-state index in [1.165, 1.54) is 18.4 Å². The zero-order chi connectivity index (χ0) is 18.3. The highest BCUT2D eigenvalue weighted by atomic mass is 16.2. The molecule has 0 bridgehead atoms. The number of hydrogen-bond acceptors (Lipinski definition) is 5. The first kappa shape index (κ1) is 16.9. The summed E-state index contributed by atoms with van der Waals surface area (Å²) in [5.74, 6) is 1.43. The van der Waals surface area contributed by atoms with Gasteiger partial charge in [-0.25, -0.2) is 0 Å². The lowest BCUT2D eigenvalue weighted by Gasteiger charge is -2.44. The van der Waals surface area contributed by atoms with Gasteiger partial charge in [-0.05, 0) is 68.3 Å². The Bertz CT molecular complexity index is 820. The number of nitrogens with zero attached hydrogens (tertiary/aromatic N) is 5. The Morgan fingerprint density at radius 3 is 2.67 bits per heavy atom. The number of carbonyl (C=O) groups is 1. The number of aryl methyl sites for hydroxylation is 1. The van der Waals surface area contributed by atoms with Gasteiger partial charge < -0.3 is 9.88 Å². The number of nitrogens with one attached hydrogen (secondary N) is 1. The molecule has 1 saturated heterocycles. The maximum absolute atomic E-state index is 12.5. The molecule has 2 aromatic heterocycles. The van der Waals surface area contributed by atoms with Crippen LogP contribution in [0.25, 0.3) is 0 Å². The molecule has 0 unspecified atom stereocenters. The smallest absolute Gasteiger partial charge is 0.289 e. The number of pyridine rings is 1. The predicted octanol–water partition coefficient (Wildman–Crippen LogP) is 1.79. The first-order valence-electron chi connectivity index (χ1n) is 10.1. The van der Waals surface area contributed by atoms with Crippen LogP contribution in [0.1, 0.15) is 54.1 Å². The molecule has 0 radical (unpaired) electrons. The number of rotatable bonds is 4. The standard InChI is InChI=1S/C20H26N6O/c27-19(22-16-1-2-16)18-24-23-17-3-6-20(14-26(17)18)7-11-25(12-8-20)13-15-4-9-21-10-5-15/h4-5,9-10,16H,1-3,6-8,11-14H2,(H,22,27). The minimum absolute atomic E-state index is 0.0524. The summed E-state index contributed by atoms with van der Waals surface area (Å²) in [5, 5.41) is 11.6. The number of fused-ring (bicyclic) bond motifs is 1. The van der Waals surface area contributed by atoms with Crippen LogP contribution < -0.4 is 5.32 Å². The molecule has 0 atom stereocenters. The van der Waals surface area contributed by atoms with E-state index in [9.17, 15) is 4.79 Å². The van der Waals surface area contributed by atoms with Crippen molar-refractivity contribution >= 4 is 5.91 Å². The van der Waals surface area contributed by atoms with Crippen molar-refractivity contribution in [2.45, 2.75) is 57.7 Å². The summed E-state index contributed by atoms with van der Waals surface area (Å²) in [5.41, 5.74) is 1.60. The van der Waals surface area contributed by atoms with E-state index in [2.05, 4.69) is 42.1 Å². The van der Waals surface area contributed by atoms with Gasteiger partial charge >= 0.3 is 0 Å². The molecule has 7 heteroatoms. The monoisotopic (exact) mass is 366 g/mol. The summed E-state index contributed by atoms with van der Waals surface area (Å²) in [6.45, 7) is 4.07. The zero-order valence-electron chi connectivity index (χ0n) is 15.6. The van der Waals surface area contributed by atoms with Crippen LogP contribution in [0.15, 0.2) is 24.5 Å². The fourth-order valence-corrected chi connectivity index (χ4v) is 4.46. The number of amides is 1. The maximum Gasteiger partial charge on any atom is 0.289 e. The van der Waals surface area contributed by atoms with Crippen LogP contribution in [0.2, 0.25) is 0 Å². The third-order valence-electron chi connectivity index (χ3n) is 6.39. The molecule has 1 saturated carbocycles.